The van der Waals surface area contributed by atoms with E-state index >= 15 is 0 Å². The first-order valence-electron chi connectivity index (χ1n) is 13.2. The number of hydrogen-bond donors (Lipinski definition) is 2. The summed E-state index contributed by atoms with van der Waals surface area (Å²) in [7, 11) is 0. The number of alkyl halides is 5. The van der Waals surface area contributed by atoms with Gasteiger partial charge in [-0.05, 0) is 59.4 Å². The first-order chi connectivity index (χ1) is 20.3. The summed E-state index contributed by atoms with van der Waals surface area (Å²) in [4.78, 5) is 33.6. The number of carbonyl (C=O) groups excluding carboxylic acids is 2. The van der Waals surface area contributed by atoms with Gasteiger partial charge in [-0.2, -0.15) is 13.2 Å². The number of rotatable bonds is 7. The molecule has 13 heteroatoms. The lowest BCUT2D eigenvalue weighted by Crippen LogP contribution is -2.58. The second-order valence-electron chi connectivity index (χ2n) is 10.4. The van der Waals surface area contributed by atoms with E-state index in [1.165, 1.54) is 36.6 Å². The maximum atomic E-state index is 14.2. The van der Waals surface area contributed by atoms with Gasteiger partial charge in [-0.3, -0.25) is 9.59 Å². The highest BCUT2D eigenvalue weighted by molar-refractivity contribution is 5.96. The minimum absolute atomic E-state index is 0.00834. The molecule has 5 rings (SSSR count). The Morgan fingerprint density at radius 1 is 1.14 bits per heavy atom. The van der Waals surface area contributed by atoms with Crippen molar-refractivity contribution >= 4 is 29.3 Å². The normalized spacial score (nSPS) is 18.2. The quantitative estimate of drug-likeness (QED) is 0.274. The molecule has 0 bridgehead atoms. The molecule has 1 saturated heterocycles. The number of nitrogens with zero attached hydrogens (tertiary/aromatic N) is 3. The molecule has 1 aromatic carbocycles. The zero-order valence-electron chi connectivity index (χ0n) is 22.8. The van der Waals surface area contributed by atoms with E-state index in [1.807, 2.05) is 0 Å². The van der Waals surface area contributed by atoms with Crippen LogP contribution in [0.3, 0.4) is 0 Å². The summed E-state index contributed by atoms with van der Waals surface area (Å²) in [6.07, 6.45) is 3.94. The number of anilines is 1. The Balaban J connectivity index is 1.30. The van der Waals surface area contributed by atoms with Crippen molar-refractivity contribution in [2.24, 2.45) is 5.92 Å². The standard InChI is InChI=1S/C30H26F5N5O3/c1-17-10-20(28(42)40-15-29(31,32)16-40)5-6-21(17)19-4-7-22(23(11-19)30(33,34)35)24-13-39-27(43-24)14-38-26(41)9-3-18-2-8-25(36)37-12-18/h2-9,11-13,17H,10,14-16H2,1H3,(H2,36,37)(H,38,41)/b9-3+. The number of pyridine rings is 1. The van der Waals surface area contributed by atoms with Crippen LogP contribution in [0.2, 0.25) is 0 Å². The molecule has 2 aromatic heterocycles. The van der Waals surface area contributed by atoms with E-state index in [0.717, 1.165) is 17.2 Å². The molecule has 3 aromatic rings. The molecular weight excluding hydrogens is 573 g/mol. The highest BCUT2D eigenvalue weighted by Gasteiger charge is 2.47. The lowest BCUT2D eigenvalue weighted by molar-refractivity contribution is -0.162. The minimum Gasteiger partial charge on any atom is -0.439 e. The van der Waals surface area contributed by atoms with Crippen molar-refractivity contribution in [1.29, 1.82) is 0 Å². The first kappa shape index (κ1) is 29.7. The fourth-order valence-corrected chi connectivity index (χ4v) is 4.86. The van der Waals surface area contributed by atoms with E-state index in [9.17, 15) is 31.5 Å². The van der Waals surface area contributed by atoms with Gasteiger partial charge in [0.25, 0.3) is 5.92 Å². The van der Waals surface area contributed by atoms with E-state index in [2.05, 4.69) is 15.3 Å². The number of halogens is 5. The summed E-state index contributed by atoms with van der Waals surface area (Å²) < 4.78 is 74.4. The summed E-state index contributed by atoms with van der Waals surface area (Å²) in [5.41, 5.74) is 6.20. The minimum atomic E-state index is -4.73. The maximum Gasteiger partial charge on any atom is 0.417 e. The largest absolute Gasteiger partial charge is 0.439 e. The Labute approximate surface area is 242 Å². The number of allylic oxidation sites excluding steroid dienone is 3. The van der Waals surface area contributed by atoms with Gasteiger partial charge in [-0.1, -0.05) is 25.1 Å². The number of aromatic nitrogens is 2. The third-order valence-corrected chi connectivity index (χ3v) is 7.05. The third-order valence-electron chi connectivity index (χ3n) is 7.05. The van der Waals surface area contributed by atoms with E-state index in [4.69, 9.17) is 10.2 Å². The average Bonchev–Trinajstić information content (AvgIpc) is 3.42. The molecular formula is C30H26F5N5O3. The van der Waals surface area contributed by atoms with Gasteiger partial charge in [0.1, 0.15) is 5.82 Å². The van der Waals surface area contributed by atoms with Gasteiger partial charge in [-0.15, -0.1) is 0 Å². The van der Waals surface area contributed by atoms with Gasteiger partial charge in [0.05, 0.1) is 31.4 Å². The van der Waals surface area contributed by atoms with Crippen LogP contribution in [0.1, 0.15) is 35.9 Å². The Hall–Kier alpha value is -4.81. The Kier molecular flexibility index (Phi) is 7.91. The van der Waals surface area contributed by atoms with Gasteiger partial charge in [-0.25, -0.2) is 18.7 Å². The Bertz CT molecular complexity index is 1630. The SMILES string of the molecule is CC1CC(C(=O)N2CC(F)(F)C2)=CC=C1c1ccc(-c2cnc(CNC(=O)/C=C/c3ccc(N)nc3)o2)c(C(F)(F)F)c1. The molecule has 1 aliphatic heterocycles. The van der Waals surface area contributed by atoms with E-state index in [-0.39, 0.29) is 36.1 Å². The van der Waals surface area contributed by atoms with Crippen LogP contribution >= 0.6 is 0 Å². The second-order valence-corrected chi connectivity index (χ2v) is 10.4. The monoisotopic (exact) mass is 599 g/mol. The molecule has 0 saturated carbocycles. The lowest BCUT2D eigenvalue weighted by Gasteiger charge is -2.39. The highest BCUT2D eigenvalue weighted by Crippen LogP contribution is 2.41. The van der Waals surface area contributed by atoms with Crippen LogP contribution in [0.15, 0.2) is 70.9 Å². The number of oxazole rings is 1. The van der Waals surface area contributed by atoms with E-state index in [0.29, 0.717) is 28.1 Å². The van der Waals surface area contributed by atoms with Gasteiger partial charge in [0, 0.05) is 23.4 Å². The lowest BCUT2D eigenvalue weighted by atomic mass is 9.83. The molecule has 2 amide bonds. The zero-order valence-corrected chi connectivity index (χ0v) is 22.8. The maximum absolute atomic E-state index is 14.2. The molecule has 0 spiro atoms. The van der Waals surface area contributed by atoms with Crippen molar-refractivity contribution in [1.82, 2.24) is 20.2 Å². The Morgan fingerprint density at radius 2 is 1.91 bits per heavy atom. The Morgan fingerprint density at radius 3 is 2.56 bits per heavy atom. The van der Waals surface area contributed by atoms with Crippen LogP contribution in [-0.4, -0.2) is 45.7 Å². The molecule has 43 heavy (non-hydrogen) atoms. The molecule has 1 unspecified atom stereocenters. The number of nitrogen functional groups attached to an aromatic ring is 1. The average molecular weight is 600 g/mol. The van der Waals surface area contributed by atoms with Crippen LogP contribution in [0.25, 0.3) is 23.0 Å². The van der Waals surface area contributed by atoms with Gasteiger partial charge in [0.15, 0.2) is 5.76 Å². The van der Waals surface area contributed by atoms with Crippen molar-refractivity contribution < 1.29 is 36.0 Å². The molecule has 3 N–H and O–H groups in total. The zero-order chi connectivity index (χ0) is 30.9. The number of benzene rings is 1. The first-order valence-corrected chi connectivity index (χ1v) is 13.2. The van der Waals surface area contributed by atoms with Crippen LogP contribution < -0.4 is 11.1 Å². The fourth-order valence-electron chi connectivity index (χ4n) is 4.86. The summed E-state index contributed by atoms with van der Waals surface area (Å²) in [6, 6.07) is 7.07. The van der Waals surface area contributed by atoms with Crippen molar-refractivity contribution in [2.45, 2.75) is 32.0 Å². The van der Waals surface area contributed by atoms with Crippen LogP contribution in [-0.2, 0) is 22.3 Å². The van der Waals surface area contributed by atoms with Crippen LogP contribution in [0.5, 0.6) is 0 Å². The van der Waals surface area contributed by atoms with E-state index in [1.54, 1.807) is 25.1 Å². The summed E-state index contributed by atoms with van der Waals surface area (Å²) in [5, 5.41) is 2.55. The van der Waals surface area contributed by atoms with Crippen molar-refractivity contribution in [3.8, 4) is 11.3 Å². The number of likely N-dealkylation sites (tertiary alicyclic amines) is 1. The molecule has 224 valence electrons. The number of amides is 2. The van der Waals surface area contributed by atoms with Gasteiger partial charge >= 0.3 is 6.18 Å². The van der Waals surface area contributed by atoms with Crippen LogP contribution in [0, 0.1) is 5.92 Å². The number of hydrogen-bond acceptors (Lipinski definition) is 6. The number of nitrogens with two attached hydrogens (primary N) is 1. The van der Waals surface area contributed by atoms with Gasteiger partial charge in [0.2, 0.25) is 17.7 Å². The topological polar surface area (TPSA) is 114 Å². The third kappa shape index (κ3) is 6.82. The number of nitrogens with one attached hydrogen (secondary N) is 1. The summed E-state index contributed by atoms with van der Waals surface area (Å²) in [5.74, 6) is -3.97. The highest BCUT2D eigenvalue weighted by atomic mass is 19.4. The smallest absolute Gasteiger partial charge is 0.417 e. The second kappa shape index (κ2) is 11.5. The van der Waals surface area contributed by atoms with Crippen molar-refractivity contribution in [2.75, 3.05) is 18.8 Å². The summed E-state index contributed by atoms with van der Waals surface area (Å²) >= 11 is 0. The van der Waals surface area contributed by atoms with Gasteiger partial charge < -0.3 is 20.4 Å². The van der Waals surface area contributed by atoms with E-state index < -0.39 is 42.6 Å². The molecule has 2 aliphatic rings. The fraction of sp³-hybridized carbons (Fsp3) is 0.267. The summed E-state index contributed by atoms with van der Waals surface area (Å²) in [6.45, 7) is 0.325. The van der Waals surface area contributed by atoms with Crippen LogP contribution in [0.4, 0.5) is 27.8 Å². The van der Waals surface area contributed by atoms with Crippen molar-refractivity contribution in [3.05, 3.63) is 89.1 Å². The molecule has 8 nitrogen and oxygen atoms in total. The molecule has 1 fully saturated rings. The van der Waals surface area contributed by atoms with Crippen molar-refractivity contribution in [3.63, 3.8) is 0 Å². The number of carbonyl (C=O) groups is 2. The predicted octanol–water partition coefficient (Wildman–Crippen LogP) is 5.49. The molecule has 1 aliphatic carbocycles. The molecule has 3 heterocycles. The predicted molar refractivity (Wildman–Crippen MR) is 148 cm³/mol. The molecule has 1 atom stereocenters. The molecule has 0 radical (unpaired) electrons.